The van der Waals surface area contributed by atoms with Gasteiger partial charge in [-0.15, -0.1) is 0 Å². The summed E-state index contributed by atoms with van der Waals surface area (Å²) in [7, 11) is 0. The first-order valence-corrected chi connectivity index (χ1v) is 9.51. The van der Waals surface area contributed by atoms with Gasteiger partial charge in [0.2, 0.25) is 0 Å². The van der Waals surface area contributed by atoms with E-state index in [0.717, 1.165) is 42.6 Å². The lowest BCUT2D eigenvalue weighted by molar-refractivity contribution is 0.110. The van der Waals surface area contributed by atoms with Gasteiger partial charge in [-0.3, -0.25) is 4.90 Å². The minimum Gasteiger partial charge on any atom is -0.387 e. The molecule has 1 atom stereocenters. The van der Waals surface area contributed by atoms with Crippen LogP contribution in [0, 0.1) is 19.7 Å². The maximum atomic E-state index is 13.6. The Morgan fingerprint density at radius 2 is 1.89 bits per heavy atom. The summed E-state index contributed by atoms with van der Waals surface area (Å²) in [6.07, 6.45) is 1.16. The van der Waals surface area contributed by atoms with E-state index in [1.54, 1.807) is 12.3 Å². The smallest absolute Gasteiger partial charge is 0.123 e. The number of nitrogens with zero attached hydrogens (tertiary/aromatic N) is 2. The lowest BCUT2D eigenvalue weighted by Gasteiger charge is -2.37. The Hall–Kier alpha value is -2.37. The standard InChI is InChI=1S/C22H26FN3O/c1-15-4-3-5-21(16(15)2)26-10-8-25(9-11-26)14-22(27)19-13-24-20-7-6-17(23)12-18(19)20/h3-7,12-13,22,24,27H,8-11,14H2,1-2H3/t22-/m0/s1. The van der Waals surface area contributed by atoms with Gasteiger partial charge in [0.15, 0.2) is 0 Å². The van der Waals surface area contributed by atoms with Crippen LogP contribution in [-0.4, -0.2) is 47.7 Å². The molecule has 4 rings (SSSR count). The molecule has 0 unspecified atom stereocenters. The van der Waals surface area contributed by atoms with E-state index < -0.39 is 6.10 Å². The summed E-state index contributed by atoms with van der Waals surface area (Å²) in [4.78, 5) is 7.83. The Morgan fingerprint density at radius 1 is 1.11 bits per heavy atom. The van der Waals surface area contributed by atoms with Crippen molar-refractivity contribution >= 4 is 16.6 Å². The molecule has 0 aliphatic carbocycles. The van der Waals surface area contributed by atoms with Gasteiger partial charge in [0.25, 0.3) is 0 Å². The Morgan fingerprint density at radius 3 is 2.67 bits per heavy atom. The van der Waals surface area contributed by atoms with Gasteiger partial charge in [0.1, 0.15) is 5.82 Å². The number of aromatic nitrogens is 1. The molecule has 2 N–H and O–H groups in total. The average Bonchev–Trinajstić information content (AvgIpc) is 3.08. The number of H-pyrrole nitrogens is 1. The number of nitrogens with one attached hydrogen (secondary N) is 1. The van der Waals surface area contributed by atoms with Crippen molar-refractivity contribution in [3.8, 4) is 0 Å². The van der Waals surface area contributed by atoms with E-state index >= 15 is 0 Å². The number of aryl methyl sites for hydroxylation is 1. The fourth-order valence-corrected chi connectivity index (χ4v) is 3.98. The molecule has 3 aromatic rings. The van der Waals surface area contributed by atoms with Crippen molar-refractivity contribution in [2.24, 2.45) is 0 Å². The van der Waals surface area contributed by atoms with E-state index in [9.17, 15) is 9.50 Å². The van der Waals surface area contributed by atoms with Gasteiger partial charge < -0.3 is 15.0 Å². The molecule has 0 radical (unpaired) electrons. The number of aromatic amines is 1. The van der Waals surface area contributed by atoms with Crippen LogP contribution in [0.5, 0.6) is 0 Å². The lowest BCUT2D eigenvalue weighted by Crippen LogP contribution is -2.47. The van der Waals surface area contributed by atoms with Crippen LogP contribution in [0.25, 0.3) is 10.9 Å². The quantitative estimate of drug-likeness (QED) is 0.737. The first-order chi connectivity index (χ1) is 13.0. The third-order valence-corrected chi connectivity index (χ3v) is 5.75. The van der Waals surface area contributed by atoms with Crippen LogP contribution in [-0.2, 0) is 0 Å². The van der Waals surface area contributed by atoms with Crippen molar-refractivity contribution in [3.05, 3.63) is 65.1 Å². The third-order valence-electron chi connectivity index (χ3n) is 5.75. The summed E-state index contributed by atoms with van der Waals surface area (Å²) in [6, 6.07) is 11.1. The average molecular weight is 367 g/mol. The summed E-state index contributed by atoms with van der Waals surface area (Å²) in [6.45, 7) is 8.58. The molecule has 1 aromatic heterocycles. The maximum Gasteiger partial charge on any atom is 0.123 e. The van der Waals surface area contributed by atoms with Crippen LogP contribution in [0.3, 0.4) is 0 Å². The summed E-state index contributed by atoms with van der Waals surface area (Å²) in [5.41, 5.74) is 5.58. The highest BCUT2D eigenvalue weighted by Crippen LogP contribution is 2.27. The molecular weight excluding hydrogens is 341 g/mol. The second-order valence-electron chi connectivity index (χ2n) is 7.46. The molecule has 1 fully saturated rings. The number of fused-ring (bicyclic) bond motifs is 1. The minimum atomic E-state index is -0.632. The predicted molar refractivity (Wildman–Crippen MR) is 108 cm³/mol. The Bertz CT molecular complexity index is 944. The van der Waals surface area contributed by atoms with Gasteiger partial charge in [-0.05, 0) is 49.2 Å². The third kappa shape index (κ3) is 3.57. The Labute approximate surface area is 159 Å². The summed E-state index contributed by atoms with van der Waals surface area (Å²) in [5.74, 6) is -0.280. The van der Waals surface area contributed by atoms with Crippen molar-refractivity contribution in [1.29, 1.82) is 0 Å². The van der Waals surface area contributed by atoms with E-state index in [4.69, 9.17) is 0 Å². The minimum absolute atomic E-state index is 0.280. The van der Waals surface area contributed by atoms with Gasteiger partial charge in [0, 0.05) is 61.1 Å². The highest BCUT2D eigenvalue weighted by molar-refractivity contribution is 5.83. The van der Waals surface area contributed by atoms with Gasteiger partial charge >= 0.3 is 0 Å². The highest BCUT2D eigenvalue weighted by atomic mass is 19.1. The van der Waals surface area contributed by atoms with Crippen LogP contribution in [0.2, 0.25) is 0 Å². The second-order valence-corrected chi connectivity index (χ2v) is 7.46. The van der Waals surface area contributed by atoms with Gasteiger partial charge in [-0.1, -0.05) is 12.1 Å². The number of β-amino-alcohol motifs (C(OH)–C–C–N with tert-alkyl or cyclic N) is 1. The predicted octanol–water partition coefficient (Wildman–Crippen LogP) is 3.78. The number of benzene rings is 2. The summed E-state index contributed by atoms with van der Waals surface area (Å²) >= 11 is 0. The summed E-state index contributed by atoms with van der Waals surface area (Å²) in [5, 5.41) is 11.5. The van der Waals surface area contributed by atoms with Crippen LogP contribution in [0.4, 0.5) is 10.1 Å². The fraction of sp³-hybridized carbons (Fsp3) is 0.364. The molecule has 0 saturated carbocycles. The van der Waals surface area contributed by atoms with E-state index in [1.807, 2.05) is 0 Å². The van der Waals surface area contributed by atoms with Crippen molar-refractivity contribution in [2.45, 2.75) is 20.0 Å². The Balaban J connectivity index is 1.41. The van der Waals surface area contributed by atoms with Crippen LogP contribution >= 0.6 is 0 Å². The topological polar surface area (TPSA) is 42.5 Å². The molecule has 27 heavy (non-hydrogen) atoms. The zero-order chi connectivity index (χ0) is 19.0. The number of aliphatic hydroxyl groups excluding tert-OH is 1. The molecule has 2 aromatic carbocycles. The van der Waals surface area contributed by atoms with Gasteiger partial charge in [-0.2, -0.15) is 0 Å². The van der Waals surface area contributed by atoms with E-state index in [1.165, 1.54) is 28.9 Å². The van der Waals surface area contributed by atoms with Crippen molar-refractivity contribution in [3.63, 3.8) is 0 Å². The molecule has 0 bridgehead atoms. The van der Waals surface area contributed by atoms with Crippen LogP contribution < -0.4 is 4.90 Å². The largest absolute Gasteiger partial charge is 0.387 e. The maximum absolute atomic E-state index is 13.6. The fourth-order valence-electron chi connectivity index (χ4n) is 3.98. The normalized spacial score (nSPS) is 16.8. The number of aliphatic hydroxyl groups is 1. The molecule has 142 valence electrons. The van der Waals surface area contributed by atoms with Crippen LogP contribution in [0.1, 0.15) is 22.8 Å². The zero-order valence-electron chi connectivity index (χ0n) is 15.9. The first kappa shape index (κ1) is 18.0. The SMILES string of the molecule is Cc1cccc(N2CCN(C[C@H](O)c3c[nH]c4ccc(F)cc34)CC2)c1C. The first-order valence-electron chi connectivity index (χ1n) is 9.51. The van der Waals surface area contributed by atoms with Crippen molar-refractivity contribution in [2.75, 3.05) is 37.6 Å². The number of hydrogen-bond acceptors (Lipinski definition) is 3. The monoisotopic (exact) mass is 367 g/mol. The number of rotatable bonds is 4. The molecule has 5 heteroatoms. The van der Waals surface area contributed by atoms with E-state index in [2.05, 4.69) is 46.8 Å². The number of piperazine rings is 1. The van der Waals surface area contributed by atoms with Crippen molar-refractivity contribution in [1.82, 2.24) is 9.88 Å². The highest BCUT2D eigenvalue weighted by Gasteiger charge is 2.22. The molecule has 2 heterocycles. The molecule has 0 amide bonds. The van der Waals surface area contributed by atoms with Gasteiger partial charge in [0.05, 0.1) is 6.10 Å². The number of halogens is 1. The Kier molecular flexibility index (Phi) is 4.89. The molecule has 1 saturated heterocycles. The molecular formula is C22H26FN3O. The van der Waals surface area contributed by atoms with Crippen LogP contribution in [0.15, 0.2) is 42.6 Å². The van der Waals surface area contributed by atoms with E-state index in [-0.39, 0.29) is 5.82 Å². The molecule has 1 aliphatic heterocycles. The molecule has 1 aliphatic rings. The molecule has 4 nitrogen and oxygen atoms in total. The summed E-state index contributed by atoms with van der Waals surface area (Å²) < 4.78 is 13.6. The number of hydrogen-bond donors (Lipinski definition) is 2. The molecule has 0 spiro atoms. The number of anilines is 1. The van der Waals surface area contributed by atoms with Gasteiger partial charge in [-0.25, -0.2) is 4.39 Å². The van der Waals surface area contributed by atoms with Crippen molar-refractivity contribution < 1.29 is 9.50 Å². The lowest BCUT2D eigenvalue weighted by atomic mass is 10.1. The van der Waals surface area contributed by atoms with E-state index in [0.29, 0.717) is 6.54 Å². The second kappa shape index (κ2) is 7.33. The zero-order valence-corrected chi connectivity index (χ0v) is 15.9.